The molecule has 10 nitrogen and oxygen atoms in total. The van der Waals surface area contributed by atoms with E-state index in [4.69, 9.17) is 0 Å². The number of nitrogens with zero attached hydrogens (tertiary/aromatic N) is 3. The molecule has 0 fully saturated rings. The topological polar surface area (TPSA) is 165 Å². The van der Waals surface area contributed by atoms with Gasteiger partial charge in [0.15, 0.2) is 5.57 Å². The average molecular weight is 543 g/mol. The van der Waals surface area contributed by atoms with Gasteiger partial charge in [-0.25, -0.2) is 4.99 Å². The van der Waals surface area contributed by atoms with Crippen LogP contribution in [0.1, 0.15) is 54.6 Å². The average Bonchev–Trinajstić information content (AvgIpc) is 2.92. The van der Waals surface area contributed by atoms with Gasteiger partial charge in [-0.1, -0.05) is 44.2 Å². The van der Waals surface area contributed by atoms with Crippen molar-refractivity contribution in [3.05, 3.63) is 82.9 Å². The molecule has 0 bridgehead atoms. The van der Waals surface area contributed by atoms with Gasteiger partial charge in [0.25, 0.3) is 17.7 Å². The zero-order chi connectivity index (χ0) is 29.5. The van der Waals surface area contributed by atoms with E-state index in [0.717, 1.165) is 5.56 Å². The van der Waals surface area contributed by atoms with Crippen molar-refractivity contribution in [3.8, 4) is 6.07 Å². The summed E-state index contributed by atoms with van der Waals surface area (Å²) in [6.07, 6.45) is 5.68. The first-order valence-corrected chi connectivity index (χ1v) is 13.0. The lowest BCUT2D eigenvalue weighted by atomic mass is 9.79. The number of amides is 3. The number of rotatable bonds is 13. The van der Waals surface area contributed by atoms with Gasteiger partial charge in [0.05, 0.1) is 11.2 Å². The second-order valence-electron chi connectivity index (χ2n) is 9.49. The molecule has 2 rings (SSSR count). The number of pyridine rings is 1. The van der Waals surface area contributed by atoms with Crippen LogP contribution in [0.5, 0.6) is 0 Å². The predicted molar refractivity (Wildman–Crippen MR) is 152 cm³/mol. The Labute approximate surface area is 234 Å². The molecule has 1 aromatic carbocycles. The largest absolute Gasteiger partial charge is 0.504 e. The van der Waals surface area contributed by atoms with Crippen molar-refractivity contribution in [2.45, 2.75) is 52.5 Å². The zero-order valence-corrected chi connectivity index (χ0v) is 22.9. The lowest BCUT2D eigenvalue weighted by Gasteiger charge is -2.17. The molecule has 1 heterocycles. The fourth-order valence-corrected chi connectivity index (χ4v) is 3.57. The third-order valence-electron chi connectivity index (χ3n) is 5.77. The number of nitrogens with one attached hydrogen (secondary N) is 2. The van der Waals surface area contributed by atoms with Gasteiger partial charge in [-0.05, 0) is 55.4 Å². The molecular formula is C29H34BN5O5. The Balaban J connectivity index is 2.13. The summed E-state index contributed by atoms with van der Waals surface area (Å²) in [5, 5.41) is 34.2. The van der Waals surface area contributed by atoms with Gasteiger partial charge in [0, 0.05) is 25.4 Å². The van der Waals surface area contributed by atoms with E-state index < -0.39 is 30.9 Å². The van der Waals surface area contributed by atoms with Crippen molar-refractivity contribution in [1.82, 2.24) is 15.6 Å². The fourth-order valence-electron chi connectivity index (χ4n) is 3.57. The maximum atomic E-state index is 13.2. The number of benzene rings is 1. The number of aromatic nitrogens is 1. The Morgan fingerprint density at radius 1 is 1.15 bits per heavy atom. The molecule has 11 heteroatoms. The Kier molecular flexibility index (Phi) is 13.2. The number of hydrogen-bond acceptors (Lipinski definition) is 7. The second kappa shape index (κ2) is 16.6. The molecule has 4 N–H and O–H groups in total. The fraction of sp³-hybridized carbons (Fsp3) is 0.345. The third kappa shape index (κ3) is 10.8. The molecule has 40 heavy (non-hydrogen) atoms. The summed E-state index contributed by atoms with van der Waals surface area (Å²) in [6.45, 7) is 5.79. The van der Waals surface area contributed by atoms with Crippen LogP contribution in [-0.2, 0) is 16.0 Å². The van der Waals surface area contributed by atoms with Crippen LogP contribution in [0.3, 0.4) is 0 Å². The van der Waals surface area contributed by atoms with Gasteiger partial charge in [-0.15, -0.1) is 5.73 Å². The molecule has 1 aromatic heterocycles. The highest BCUT2D eigenvalue weighted by molar-refractivity contribution is 6.80. The summed E-state index contributed by atoms with van der Waals surface area (Å²) in [6, 6.07) is 11.4. The highest BCUT2D eigenvalue weighted by Crippen LogP contribution is 2.10. The van der Waals surface area contributed by atoms with Gasteiger partial charge in [-0.3, -0.25) is 19.4 Å². The van der Waals surface area contributed by atoms with Gasteiger partial charge >= 0.3 is 7.12 Å². The molecule has 0 aliphatic rings. The van der Waals surface area contributed by atoms with Gasteiger partial charge in [0.2, 0.25) is 0 Å². The van der Waals surface area contributed by atoms with Crippen LogP contribution < -0.4 is 10.6 Å². The highest BCUT2D eigenvalue weighted by atomic mass is 16.4. The number of nitriles is 1. The third-order valence-corrected chi connectivity index (χ3v) is 5.77. The maximum absolute atomic E-state index is 13.2. The van der Waals surface area contributed by atoms with Crippen LogP contribution in [0.15, 0.2) is 71.2 Å². The SMILES string of the molecule is Cc1ccncc1C(=O)N[C@@H](CCCCNC(=O)C(=C=CC(C)C)C#N)C(=O)N=C(Cc1ccccc1)B(O)O. The van der Waals surface area contributed by atoms with Crippen LogP contribution in [-0.4, -0.2) is 58.1 Å². The molecule has 0 radical (unpaired) electrons. The van der Waals surface area contributed by atoms with Crippen molar-refractivity contribution in [3.63, 3.8) is 0 Å². The number of hydrogen-bond donors (Lipinski definition) is 4. The number of unbranched alkanes of at least 4 members (excludes halogenated alkanes) is 1. The minimum Gasteiger partial charge on any atom is -0.422 e. The van der Waals surface area contributed by atoms with E-state index in [9.17, 15) is 29.7 Å². The van der Waals surface area contributed by atoms with Crippen LogP contribution in [0.2, 0.25) is 0 Å². The van der Waals surface area contributed by atoms with Crippen molar-refractivity contribution in [1.29, 1.82) is 5.26 Å². The Morgan fingerprint density at radius 2 is 1.88 bits per heavy atom. The Hall–Kier alpha value is -4.36. The van der Waals surface area contributed by atoms with Crippen LogP contribution in [0, 0.1) is 24.2 Å². The molecular weight excluding hydrogens is 509 g/mol. The Morgan fingerprint density at radius 3 is 2.50 bits per heavy atom. The van der Waals surface area contributed by atoms with E-state index in [-0.39, 0.29) is 36.5 Å². The van der Waals surface area contributed by atoms with E-state index in [1.165, 1.54) is 6.20 Å². The number of carbonyl (C=O) groups is 3. The molecule has 0 unspecified atom stereocenters. The highest BCUT2D eigenvalue weighted by Gasteiger charge is 2.25. The first-order valence-electron chi connectivity index (χ1n) is 13.0. The lowest BCUT2D eigenvalue weighted by Crippen LogP contribution is -2.42. The van der Waals surface area contributed by atoms with E-state index in [1.807, 2.05) is 26.0 Å². The monoisotopic (exact) mass is 543 g/mol. The van der Waals surface area contributed by atoms with Crippen LogP contribution >= 0.6 is 0 Å². The molecule has 2 aromatic rings. The number of aliphatic imine (C=N–C) groups is 1. The van der Waals surface area contributed by atoms with Crippen molar-refractivity contribution < 1.29 is 24.4 Å². The van der Waals surface area contributed by atoms with Crippen molar-refractivity contribution in [2.75, 3.05) is 6.54 Å². The summed E-state index contributed by atoms with van der Waals surface area (Å²) < 4.78 is 0. The quantitative estimate of drug-likeness (QED) is 0.0751. The summed E-state index contributed by atoms with van der Waals surface area (Å²) in [5.74, 6) is -1.65. The molecule has 0 saturated carbocycles. The van der Waals surface area contributed by atoms with Crippen molar-refractivity contribution >= 4 is 30.5 Å². The summed E-state index contributed by atoms with van der Waals surface area (Å²) in [7, 11) is -1.96. The number of carbonyl (C=O) groups excluding carboxylic acids is 3. The second-order valence-corrected chi connectivity index (χ2v) is 9.49. The van der Waals surface area contributed by atoms with Crippen molar-refractivity contribution in [2.24, 2.45) is 10.9 Å². The molecule has 3 amide bonds. The first-order chi connectivity index (χ1) is 19.1. The van der Waals surface area contributed by atoms with E-state index in [0.29, 0.717) is 24.0 Å². The minimum atomic E-state index is -1.96. The van der Waals surface area contributed by atoms with Crippen LogP contribution in [0.25, 0.3) is 0 Å². The molecule has 208 valence electrons. The lowest BCUT2D eigenvalue weighted by molar-refractivity contribution is -0.120. The summed E-state index contributed by atoms with van der Waals surface area (Å²) >= 11 is 0. The molecule has 0 aliphatic heterocycles. The summed E-state index contributed by atoms with van der Waals surface area (Å²) in [4.78, 5) is 46.3. The predicted octanol–water partition coefficient (Wildman–Crippen LogP) is 2.26. The van der Waals surface area contributed by atoms with Crippen LogP contribution in [0.4, 0.5) is 0 Å². The van der Waals surface area contributed by atoms with Gasteiger partial charge < -0.3 is 20.7 Å². The van der Waals surface area contributed by atoms with Gasteiger partial charge in [0.1, 0.15) is 12.1 Å². The first kappa shape index (κ1) is 31.9. The minimum absolute atomic E-state index is 0.0403. The number of aryl methyl sites for hydroxylation is 1. The van der Waals surface area contributed by atoms with Gasteiger partial charge in [-0.2, -0.15) is 5.26 Å². The Bertz CT molecular complexity index is 1310. The van der Waals surface area contributed by atoms with E-state index >= 15 is 0 Å². The normalized spacial score (nSPS) is 11.6. The molecule has 0 spiro atoms. The molecule has 0 aliphatic carbocycles. The van der Waals surface area contributed by atoms with E-state index in [2.05, 4.69) is 26.3 Å². The van der Waals surface area contributed by atoms with E-state index in [1.54, 1.807) is 49.5 Å². The smallest absolute Gasteiger partial charge is 0.422 e. The molecule has 0 saturated heterocycles. The maximum Gasteiger partial charge on any atom is 0.504 e. The standard InChI is InChI=1S/C29H34BN5O5/c1-20(2)12-13-23(18-31)27(36)33-15-8-7-11-25(34-28(37)24-19-32-16-14-21(24)3)29(38)35-26(30(39)40)17-22-9-5-4-6-10-22/h4-6,9-10,12,14,16,19-20,25,39-40H,7-8,11,15,17H2,1-3H3,(H,33,36)(H,34,37)/t13?,25-/m0/s1. The molecule has 1 atom stereocenters. The summed E-state index contributed by atoms with van der Waals surface area (Å²) in [5.41, 5.74) is 4.13. The zero-order valence-electron chi connectivity index (χ0n) is 22.9.